The average Bonchev–Trinajstić information content (AvgIpc) is 2.43. The summed E-state index contributed by atoms with van der Waals surface area (Å²) in [6.07, 6.45) is 1.65. The third-order valence-corrected chi connectivity index (χ3v) is 3.41. The van der Waals surface area contributed by atoms with Gasteiger partial charge in [-0.1, -0.05) is 0 Å². The normalized spacial score (nSPS) is 12.6. The van der Waals surface area contributed by atoms with Gasteiger partial charge in [-0.15, -0.1) is 0 Å². The van der Waals surface area contributed by atoms with Crippen LogP contribution in [0.15, 0.2) is 30.5 Å². The lowest BCUT2D eigenvalue weighted by Crippen LogP contribution is -2.31. The smallest absolute Gasteiger partial charge is 0.278 e. The highest BCUT2D eigenvalue weighted by Crippen LogP contribution is 2.29. The first-order valence-corrected chi connectivity index (χ1v) is 6.43. The first-order chi connectivity index (χ1) is 9.50. The van der Waals surface area contributed by atoms with Gasteiger partial charge in [-0.05, 0) is 39.2 Å². The second kappa shape index (κ2) is 5.83. The van der Waals surface area contributed by atoms with Crippen LogP contribution in [-0.2, 0) is 0 Å². The standard InChI is InChI=1S/C14H18N4O2/c1-10(17(2)3)9-16-12-6-7-13(18(19)20)11-5-4-8-15-14(11)12/h4-8,10,16H,9H2,1-3H3. The number of non-ortho nitro benzene ring substituents is 1. The van der Waals surface area contributed by atoms with Crippen LogP contribution in [0.1, 0.15) is 6.92 Å². The highest BCUT2D eigenvalue weighted by molar-refractivity contribution is 5.96. The van der Waals surface area contributed by atoms with Crippen LogP contribution in [0.3, 0.4) is 0 Å². The van der Waals surface area contributed by atoms with Crippen molar-refractivity contribution >= 4 is 22.3 Å². The molecule has 0 saturated carbocycles. The van der Waals surface area contributed by atoms with Crippen LogP contribution in [0.4, 0.5) is 11.4 Å². The number of rotatable bonds is 5. The number of nitro groups is 1. The lowest BCUT2D eigenvalue weighted by molar-refractivity contribution is -0.383. The number of hydrogen-bond donors (Lipinski definition) is 1. The van der Waals surface area contributed by atoms with Crippen LogP contribution in [0.25, 0.3) is 10.9 Å². The molecule has 1 unspecified atom stereocenters. The van der Waals surface area contributed by atoms with E-state index in [2.05, 4.69) is 22.1 Å². The fraction of sp³-hybridized carbons (Fsp3) is 0.357. The van der Waals surface area contributed by atoms with Gasteiger partial charge in [0.2, 0.25) is 0 Å². The Bertz CT molecular complexity index is 628. The summed E-state index contributed by atoms with van der Waals surface area (Å²) >= 11 is 0. The highest BCUT2D eigenvalue weighted by atomic mass is 16.6. The van der Waals surface area contributed by atoms with Gasteiger partial charge in [-0.2, -0.15) is 0 Å². The molecule has 1 atom stereocenters. The maximum atomic E-state index is 11.0. The van der Waals surface area contributed by atoms with Crippen molar-refractivity contribution in [2.45, 2.75) is 13.0 Å². The summed E-state index contributed by atoms with van der Waals surface area (Å²) in [5.41, 5.74) is 1.53. The molecule has 0 radical (unpaired) electrons. The van der Waals surface area contributed by atoms with E-state index in [-0.39, 0.29) is 10.6 Å². The predicted octanol–water partition coefficient (Wildman–Crippen LogP) is 2.51. The maximum absolute atomic E-state index is 11.0. The molecule has 6 heteroatoms. The number of hydrogen-bond acceptors (Lipinski definition) is 5. The molecule has 1 aromatic carbocycles. The van der Waals surface area contributed by atoms with Gasteiger partial charge in [0.1, 0.15) is 5.52 Å². The summed E-state index contributed by atoms with van der Waals surface area (Å²) in [5, 5.41) is 14.9. The zero-order valence-corrected chi connectivity index (χ0v) is 11.8. The summed E-state index contributed by atoms with van der Waals surface area (Å²) < 4.78 is 0. The summed E-state index contributed by atoms with van der Waals surface area (Å²) in [5.74, 6) is 0. The van der Waals surface area contributed by atoms with Gasteiger partial charge in [0.25, 0.3) is 5.69 Å². The van der Waals surface area contributed by atoms with Crippen LogP contribution in [0.2, 0.25) is 0 Å². The molecule has 1 aromatic heterocycles. The van der Waals surface area contributed by atoms with E-state index in [4.69, 9.17) is 0 Å². The Morgan fingerprint density at radius 3 is 2.80 bits per heavy atom. The van der Waals surface area contributed by atoms with E-state index >= 15 is 0 Å². The van der Waals surface area contributed by atoms with Crippen molar-refractivity contribution in [1.82, 2.24) is 9.88 Å². The largest absolute Gasteiger partial charge is 0.382 e. The molecule has 0 bridgehead atoms. The molecule has 1 heterocycles. The first kappa shape index (κ1) is 14.2. The van der Waals surface area contributed by atoms with Crippen molar-refractivity contribution in [2.24, 2.45) is 0 Å². The van der Waals surface area contributed by atoms with Crippen LogP contribution in [0.5, 0.6) is 0 Å². The zero-order chi connectivity index (χ0) is 14.7. The number of likely N-dealkylation sites (N-methyl/N-ethyl adjacent to an activating group) is 1. The topological polar surface area (TPSA) is 71.3 Å². The van der Waals surface area contributed by atoms with Crippen molar-refractivity contribution in [3.05, 3.63) is 40.6 Å². The zero-order valence-electron chi connectivity index (χ0n) is 11.8. The Kier molecular flexibility index (Phi) is 4.14. The van der Waals surface area contributed by atoms with Gasteiger partial charge in [0.05, 0.1) is 16.0 Å². The molecule has 0 spiro atoms. The van der Waals surface area contributed by atoms with Crippen molar-refractivity contribution in [3.63, 3.8) is 0 Å². The molecule has 0 aliphatic carbocycles. The highest BCUT2D eigenvalue weighted by Gasteiger charge is 2.15. The minimum atomic E-state index is -0.379. The van der Waals surface area contributed by atoms with E-state index in [9.17, 15) is 10.1 Å². The van der Waals surface area contributed by atoms with Crippen molar-refractivity contribution in [2.75, 3.05) is 26.0 Å². The van der Waals surface area contributed by atoms with Gasteiger partial charge in [-0.3, -0.25) is 15.1 Å². The fourth-order valence-corrected chi connectivity index (χ4v) is 1.90. The van der Waals surface area contributed by atoms with Crippen LogP contribution in [0, 0.1) is 10.1 Å². The van der Waals surface area contributed by atoms with E-state index in [1.807, 2.05) is 14.1 Å². The SMILES string of the molecule is CC(CNc1ccc([N+](=O)[O-])c2cccnc12)N(C)C. The van der Waals surface area contributed by atoms with Gasteiger partial charge >= 0.3 is 0 Å². The van der Waals surface area contributed by atoms with Crippen molar-refractivity contribution in [1.29, 1.82) is 0 Å². The van der Waals surface area contributed by atoms with Crippen LogP contribution >= 0.6 is 0 Å². The molecule has 106 valence electrons. The predicted molar refractivity (Wildman–Crippen MR) is 80.0 cm³/mol. The number of fused-ring (bicyclic) bond motifs is 1. The maximum Gasteiger partial charge on any atom is 0.278 e. The van der Waals surface area contributed by atoms with E-state index < -0.39 is 0 Å². The summed E-state index contributed by atoms with van der Waals surface area (Å²) in [7, 11) is 4.02. The molecule has 0 saturated heterocycles. The Morgan fingerprint density at radius 1 is 1.40 bits per heavy atom. The van der Waals surface area contributed by atoms with E-state index in [1.54, 1.807) is 24.4 Å². The number of nitro benzene ring substituents is 1. The molecule has 0 fully saturated rings. The second-order valence-corrected chi connectivity index (χ2v) is 4.98. The molecule has 2 aromatic rings. The summed E-state index contributed by atoms with van der Waals surface area (Å²) in [6, 6.07) is 7.02. The number of benzene rings is 1. The average molecular weight is 274 g/mol. The summed E-state index contributed by atoms with van der Waals surface area (Å²) in [6.45, 7) is 2.85. The molecular formula is C14H18N4O2. The number of nitrogens with zero attached hydrogens (tertiary/aromatic N) is 3. The molecule has 20 heavy (non-hydrogen) atoms. The quantitative estimate of drug-likeness (QED) is 0.670. The summed E-state index contributed by atoms with van der Waals surface area (Å²) in [4.78, 5) is 17.0. The minimum Gasteiger partial charge on any atom is -0.382 e. The minimum absolute atomic E-state index is 0.0827. The van der Waals surface area contributed by atoms with E-state index in [0.717, 1.165) is 12.2 Å². The molecule has 0 aliphatic heterocycles. The van der Waals surface area contributed by atoms with Crippen molar-refractivity contribution < 1.29 is 4.92 Å². The van der Waals surface area contributed by atoms with Gasteiger partial charge < -0.3 is 10.2 Å². The Morgan fingerprint density at radius 2 is 2.15 bits per heavy atom. The van der Waals surface area contributed by atoms with E-state index in [0.29, 0.717) is 16.9 Å². The van der Waals surface area contributed by atoms with Crippen LogP contribution < -0.4 is 5.32 Å². The van der Waals surface area contributed by atoms with Gasteiger partial charge in [0, 0.05) is 24.8 Å². The molecule has 0 aliphatic rings. The number of nitrogens with one attached hydrogen (secondary N) is 1. The lowest BCUT2D eigenvalue weighted by Gasteiger charge is -2.21. The molecule has 6 nitrogen and oxygen atoms in total. The Balaban J connectivity index is 2.36. The van der Waals surface area contributed by atoms with Crippen molar-refractivity contribution in [3.8, 4) is 0 Å². The Hall–Kier alpha value is -2.21. The number of aromatic nitrogens is 1. The molecular weight excluding hydrogens is 256 g/mol. The molecule has 1 N–H and O–H groups in total. The number of anilines is 1. The van der Waals surface area contributed by atoms with Crippen LogP contribution in [-0.4, -0.2) is 41.5 Å². The van der Waals surface area contributed by atoms with E-state index in [1.165, 1.54) is 6.07 Å². The molecule has 2 rings (SSSR count). The number of pyridine rings is 1. The van der Waals surface area contributed by atoms with Gasteiger partial charge in [-0.25, -0.2) is 0 Å². The monoisotopic (exact) mass is 274 g/mol. The lowest BCUT2D eigenvalue weighted by atomic mass is 10.1. The fourth-order valence-electron chi connectivity index (χ4n) is 1.90. The third-order valence-electron chi connectivity index (χ3n) is 3.41. The second-order valence-electron chi connectivity index (χ2n) is 4.98. The third kappa shape index (κ3) is 2.85. The first-order valence-electron chi connectivity index (χ1n) is 6.43. The van der Waals surface area contributed by atoms with Gasteiger partial charge in [0.15, 0.2) is 0 Å². The Labute approximate surface area is 117 Å². The molecule has 0 amide bonds.